The van der Waals surface area contributed by atoms with Gasteiger partial charge in [0.2, 0.25) is 0 Å². The first-order valence-electron chi connectivity index (χ1n) is 3.72. The fourth-order valence-electron chi connectivity index (χ4n) is 0.955. The molecule has 0 aliphatic heterocycles. The van der Waals surface area contributed by atoms with Crippen molar-refractivity contribution in [2.75, 3.05) is 0 Å². The van der Waals surface area contributed by atoms with Gasteiger partial charge in [-0.2, -0.15) is 0 Å². The summed E-state index contributed by atoms with van der Waals surface area (Å²) < 4.78 is 0. The highest BCUT2D eigenvalue weighted by molar-refractivity contribution is 5.85. The zero-order chi connectivity index (χ0) is 8.97. The van der Waals surface area contributed by atoms with Crippen LogP contribution in [0.2, 0.25) is 0 Å². The zero-order valence-electron chi connectivity index (χ0n) is 7.42. The van der Waals surface area contributed by atoms with E-state index in [0.29, 0.717) is 6.42 Å². The van der Waals surface area contributed by atoms with E-state index in [9.17, 15) is 4.79 Å². The number of aliphatic carboxylic acids is 1. The summed E-state index contributed by atoms with van der Waals surface area (Å²) in [5, 5.41) is 8.52. The first kappa shape index (κ1) is 15.7. The van der Waals surface area contributed by atoms with Crippen molar-refractivity contribution >= 4 is 30.8 Å². The van der Waals surface area contributed by atoms with Gasteiger partial charge in [-0.25, -0.2) is 0 Å². The number of rotatable bonds is 3. The summed E-state index contributed by atoms with van der Waals surface area (Å²) in [7, 11) is 0. The Hall–Kier alpha value is -0.770. The Labute approximate surface area is 95.1 Å². The smallest absolute Gasteiger partial charge is 0.320 e. The van der Waals surface area contributed by atoms with Crippen LogP contribution in [0.5, 0.6) is 0 Å². The van der Waals surface area contributed by atoms with Gasteiger partial charge in [0, 0.05) is 0 Å². The number of carboxylic acids is 1. The molecule has 0 heterocycles. The van der Waals surface area contributed by atoms with E-state index < -0.39 is 12.0 Å². The molecule has 0 aliphatic rings. The van der Waals surface area contributed by atoms with Crippen molar-refractivity contribution in [1.29, 1.82) is 0 Å². The molecule has 5 heteroatoms. The number of carbonyl (C=O) groups is 1. The first-order valence-corrected chi connectivity index (χ1v) is 3.72. The zero-order valence-corrected chi connectivity index (χ0v) is 9.05. The van der Waals surface area contributed by atoms with Crippen molar-refractivity contribution < 1.29 is 9.90 Å². The average molecular weight is 238 g/mol. The summed E-state index contributed by atoms with van der Waals surface area (Å²) in [5.41, 5.74) is 6.30. The Balaban J connectivity index is 0. The van der Waals surface area contributed by atoms with Crippen molar-refractivity contribution in [2.45, 2.75) is 12.5 Å². The molecule has 0 unspecified atom stereocenters. The molecule has 0 radical (unpaired) electrons. The molecule has 0 spiro atoms. The largest absolute Gasteiger partial charge is 0.480 e. The predicted molar refractivity (Wildman–Crippen MR) is 60.3 cm³/mol. The van der Waals surface area contributed by atoms with Crippen LogP contribution in [0.4, 0.5) is 0 Å². The SMILES string of the molecule is Cl.Cl.N[C@@H](Cc1ccccc1)C(=O)O. The molecular formula is C9H13Cl2NO2. The van der Waals surface area contributed by atoms with Crippen LogP contribution in [0.25, 0.3) is 0 Å². The van der Waals surface area contributed by atoms with Gasteiger partial charge in [0.1, 0.15) is 6.04 Å². The van der Waals surface area contributed by atoms with E-state index in [2.05, 4.69) is 0 Å². The van der Waals surface area contributed by atoms with Crippen LogP contribution in [-0.4, -0.2) is 17.1 Å². The average Bonchev–Trinajstić information content (AvgIpc) is 2.06. The molecule has 1 aromatic carbocycles. The van der Waals surface area contributed by atoms with Crippen LogP contribution in [0.3, 0.4) is 0 Å². The second kappa shape index (κ2) is 7.62. The fraction of sp³-hybridized carbons (Fsp3) is 0.222. The van der Waals surface area contributed by atoms with Gasteiger partial charge < -0.3 is 10.8 Å². The molecule has 0 fully saturated rings. The lowest BCUT2D eigenvalue weighted by atomic mass is 10.1. The quantitative estimate of drug-likeness (QED) is 0.838. The summed E-state index contributed by atoms with van der Waals surface area (Å²) in [6.07, 6.45) is 0.385. The van der Waals surface area contributed by atoms with Crippen molar-refractivity contribution in [3.63, 3.8) is 0 Å². The Morgan fingerprint density at radius 3 is 2.21 bits per heavy atom. The molecule has 1 atom stereocenters. The minimum atomic E-state index is -0.959. The molecule has 0 saturated heterocycles. The minimum absolute atomic E-state index is 0. The maximum atomic E-state index is 10.4. The fourth-order valence-corrected chi connectivity index (χ4v) is 0.955. The van der Waals surface area contributed by atoms with Crippen LogP contribution in [0, 0.1) is 0 Å². The Kier molecular flexibility index (Phi) is 8.54. The highest BCUT2D eigenvalue weighted by Crippen LogP contribution is 2.01. The van der Waals surface area contributed by atoms with Crippen molar-refractivity contribution in [2.24, 2.45) is 5.73 Å². The summed E-state index contributed by atoms with van der Waals surface area (Å²) in [4.78, 5) is 10.4. The van der Waals surface area contributed by atoms with Crippen LogP contribution in [0.15, 0.2) is 30.3 Å². The summed E-state index contributed by atoms with van der Waals surface area (Å²) in [6, 6.07) is 8.54. The van der Waals surface area contributed by atoms with Crippen LogP contribution < -0.4 is 5.73 Å². The number of hydrogen-bond donors (Lipinski definition) is 2. The molecule has 0 bridgehead atoms. The molecule has 0 aromatic heterocycles. The first-order chi connectivity index (χ1) is 5.70. The van der Waals surface area contributed by atoms with Gasteiger partial charge >= 0.3 is 5.97 Å². The van der Waals surface area contributed by atoms with Gasteiger partial charge in [-0.15, -0.1) is 24.8 Å². The number of nitrogens with two attached hydrogens (primary N) is 1. The molecule has 0 aliphatic carbocycles. The minimum Gasteiger partial charge on any atom is -0.480 e. The van der Waals surface area contributed by atoms with Crippen molar-refractivity contribution in [3.05, 3.63) is 35.9 Å². The van der Waals surface area contributed by atoms with E-state index in [0.717, 1.165) is 5.56 Å². The van der Waals surface area contributed by atoms with Crippen molar-refractivity contribution in [3.8, 4) is 0 Å². The molecule has 1 aromatic rings. The molecule has 1 rings (SSSR count). The predicted octanol–water partition coefficient (Wildman–Crippen LogP) is 1.48. The molecule has 0 amide bonds. The summed E-state index contributed by atoms with van der Waals surface area (Å²) >= 11 is 0. The molecule has 3 nitrogen and oxygen atoms in total. The molecule has 14 heavy (non-hydrogen) atoms. The van der Waals surface area contributed by atoms with Crippen LogP contribution >= 0.6 is 24.8 Å². The van der Waals surface area contributed by atoms with E-state index in [1.807, 2.05) is 30.3 Å². The third-order valence-corrected chi connectivity index (χ3v) is 1.62. The highest BCUT2D eigenvalue weighted by atomic mass is 35.5. The van der Waals surface area contributed by atoms with Gasteiger partial charge in [0.25, 0.3) is 0 Å². The third kappa shape index (κ3) is 5.07. The topological polar surface area (TPSA) is 63.3 Å². The third-order valence-electron chi connectivity index (χ3n) is 1.62. The number of carboxylic acid groups (broad SMARTS) is 1. The Morgan fingerprint density at radius 2 is 1.79 bits per heavy atom. The number of hydrogen-bond acceptors (Lipinski definition) is 2. The normalized spacial score (nSPS) is 10.6. The monoisotopic (exact) mass is 237 g/mol. The van der Waals surface area contributed by atoms with E-state index >= 15 is 0 Å². The molecule has 0 saturated carbocycles. The van der Waals surface area contributed by atoms with Crippen LogP contribution in [0.1, 0.15) is 5.56 Å². The van der Waals surface area contributed by atoms with Crippen LogP contribution in [-0.2, 0) is 11.2 Å². The van der Waals surface area contributed by atoms with Gasteiger partial charge in [-0.1, -0.05) is 30.3 Å². The van der Waals surface area contributed by atoms with E-state index in [-0.39, 0.29) is 24.8 Å². The number of halogens is 2. The Bertz CT molecular complexity index is 267. The van der Waals surface area contributed by atoms with Gasteiger partial charge in [0.15, 0.2) is 0 Å². The van der Waals surface area contributed by atoms with E-state index in [1.165, 1.54) is 0 Å². The molecular weight excluding hydrogens is 225 g/mol. The van der Waals surface area contributed by atoms with E-state index in [4.69, 9.17) is 10.8 Å². The van der Waals surface area contributed by atoms with E-state index in [1.54, 1.807) is 0 Å². The second-order valence-electron chi connectivity index (χ2n) is 2.63. The Morgan fingerprint density at radius 1 is 1.29 bits per heavy atom. The number of benzene rings is 1. The summed E-state index contributed by atoms with van der Waals surface area (Å²) in [5.74, 6) is -0.959. The lowest BCUT2D eigenvalue weighted by molar-refractivity contribution is -0.138. The second-order valence-corrected chi connectivity index (χ2v) is 2.63. The van der Waals surface area contributed by atoms with Gasteiger partial charge in [-0.05, 0) is 12.0 Å². The molecule has 80 valence electrons. The van der Waals surface area contributed by atoms with Gasteiger partial charge in [0.05, 0.1) is 0 Å². The maximum Gasteiger partial charge on any atom is 0.320 e. The van der Waals surface area contributed by atoms with Gasteiger partial charge in [-0.3, -0.25) is 4.79 Å². The summed E-state index contributed by atoms with van der Waals surface area (Å²) in [6.45, 7) is 0. The standard InChI is InChI=1S/C9H11NO2.2ClH/c10-8(9(11)12)6-7-4-2-1-3-5-7;;/h1-5,8H,6,10H2,(H,11,12);2*1H/t8-;;/m0../s1. The lowest BCUT2D eigenvalue weighted by Crippen LogP contribution is -2.32. The van der Waals surface area contributed by atoms with Crippen molar-refractivity contribution in [1.82, 2.24) is 0 Å². The molecule has 3 N–H and O–H groups in total. The lowest BCUT2D eigenvalue weighted by Gasteiger charge is -2.04. The maximum absolute atomic E-state index is 10.4. The highest BCUT2D eigenvalue weighted by Gasteiger charge is 2.10.